The molecule has 0 spiro atoms. The molecular formula is C16H32PdSi2+2. The van der Waals surface area contributed by atoms with E-state index >= 15 is 0 Å². The zero-order valence-corrected chi connectivity index (χ0v) is 17.3. The van der Waals surface area contributed by atoms with Crippen LogP contribution in [0.3, 0.4) is 0 Å². The van der Waals surface area contributed by atoms with Crippen molar-refractivity contribution in [1.29, 1.82) is 0 Å². The van der Waals surface area contributed by atoms with Crippen LogP contribution in [-0.4, -0.2) is 16.1 Å². The molecule has 1 aliphatic rings. The quantitative estimate of drug-likeness (QED) is 0.405. The fourth-order valence-corrected chi connectivity index (χ4v) is 6.23. The van der Waals surface area contributed by atoms with Crippen molar-refractivity contribution in [3.63, 3.8) is 0 Å². The van der Waals surface area contributed by atoms with Gasteiger partial charge in [-0.3, -0.25) is 0 Å². The van der Waals surface area contributed by atoms with Crippen LogP contribution in [0, 0.1) is 0 Å². The summed E-state index contributed by atoms with van der Waals surface area (Å²) >= 11 is 0. The Hall–Kier alpha value is 0.576. The minimum Gasteiger partial charge on any atom is -0.0882 e. The Morgan fingerprint density at radius 2 is 1.05 bits per heavy atom. The van der Waals surface area contributed by atoms with E-state index in [-0.39, 0.29) is 20.4 Å². The van der Waals surface area contributed by atoms with Crippen molar-refractivity contribution in [2.24, 2.45) is 0 Å². The number of hydrogen-bond donors (Lipinski definition) is 0. The molecule has 0 saturated carbocycles. The van der Waals surface area contributed by atoms with Crippen molar-refractivity contribution in [3.8, 4) is 0 Å². The predicted molar refractivity (Wildman–Crippen MR) is 90.9 cm³/mol. The summed E-state index contributed by atoms with van der Waals surface area (Å²) in [6.07, 6.45) is 10.0. The van der Waals surface area contributed by atoms with E-state index < -0.39 is 16.1 Å². The molecule has 0 N–H and O–H groups in total. The summed E-state index contributed by atoms with van der Waals surface area (Å²) < 4.78 is 0. The van der Waals surface area contributed by atoms with Gasteiger partial charge in [0.05, 0.1) is 0 Å². The number of rotatable bonds is 4. The molecule has 0 aromatic heterocycles. The van der Waals surface area contributed by atoms with Crippen LogP contribution < -0.4 is 0 Å². The van der Waals surface area contributed by atoms with Gasteiger partial charge in [0.25, 0.3) is 0 Å². The minimum atomic E-state index is -0.967. The van der Waals surface area contributed by atoms with Crippen molar-refractivity contribution in [1.82, 2.24) is 0 Å². The van der Waals surface area contributed by atoms with Crippen molar-refractivity contribution in [3.05, 3.63) is 23.3 Å². The fourth-order valence-electron chi connectivity index (χ4n) is 2.81. The van der Waals surface area contributed by atoms with Crippen LogP contribution in [-0.2, 0) is 20.4 Å². The van der Waals surface area contributed by atoms with E-state index in [1.165, 1.54) is 37.8 Å². The van der Waals surface area contributed by atoms with Crippen LogP contribution in [0.4, 0.5) is 0 Å². The molecule has 19 heavy (non-hydrogen) atoms. The Labute approximate surface area is 136 Å². The van der Waals surface area contributed by atoms with Crippen LogP contribution in [0.15, 0.2) is 23.3 Å². The fraction of sp³-hybridized carbons (Fsp3) is 0.750. The Kier molecular flexibility index (Phi) is 8.37. The summed E-state index contributed by atoms with van der Waals surface area (Å²) in [6.45, 7) is 15.1. The third kappa shape index (κ3) is 9.18. The Morgan fingerprint density at radius 1 is 0.737 bits per heavy atom. The normalized spacial score (nSPS) is 17.8. The van der Waals surface area contributed by atoms with Gasteiger partial charge < -0.3 is 0 Å². The van der Waals surface area contributed by atoms with Crippen LogP contribution in [0.1, 0.15) is 25.7 Å². The van der Waals surface area contributed by atoms with E-state index in [2.05, 4.69) is 51.4 Å². The molecule has 0 radical (unpaired) electrons. The summed E-state index contributed by atoms with van der Waals surface area (Å²) in [4.78, 5) is 0. The first-order chi connectivity index (χ1) is 8.17. The van der Waals surface area contributed by atoms with Gasteiger partial charge in [-0.1, -0.05) is 62.6 Å². The molecule has 0 aromatic carbocycles. The number of allylic oxidation sites excluding steroid dienone is 4. The molecule has 0 aromatic rings. The van der Waals surface area contributed by atoms with Crippen LogP contribution in [0.2, 0.25) is 51.4 Å². The Balaban J connectivity index is 0.00000324. The van der Waals surface area contributed by atoms with Crippen LogP contribution in [0.5, 0.6) is 0 Å². The van der Waals surface area contributed by atoms with E-state index in [0.29, 0.717) is 0 Å². The summed E-state index contributed by atoms with van der Waals surface area (Å²) in [5, 5.41) is 0. The van der Waals surface area contributed by atoms with Gasteiger partial charge in [-0.05, 0) is 37.8 Å². The first-order valence-corrected chi connectivity index (χ1v) is 14.9. The largest absolute Gasteiger partial charge is 2.00 e. The molecule has 0 amide bonds. The molecule has 0 heterocycles. The van der Waals surface area contributed by atoms with Gasteiger partial charge in [0, 0.05) is 16.1 Å². The third-order valence-electron chi connectivity index (χ3n) is 3.38. The van der Waals surface area contributed by atoms with Crippen LogP contribution in [0.25, 0.3) is 0 Å². The van der Waals surface area contributed by atoms with Gasteiger partial charge in [-0.2, -0.15) is 0 Å². The van der Waals surface area contributed by atoms with Gasteiger partial charge in [-0.25, -0.2) is 0 Å². The molecule has 0 bridgehead atoms. The molecule has 0 saturated heterocycles. The average molecular weight is 387 g/mol. The Bertz CT molecular complexity index is 298. The maximum atomic E-state index is 2.51. The van der Waals surface area contributed by atoms with E-state index in [4.69, 9.17) is 0 Å². The SMILES string of the molecule is C[Si](C)(C)CC1=C(C[Si](C)(C)C)CCC=CCC1.[Pd+2]. The summed E-state index contributed by atoms with van der Waals surface area (Å²) in [7, 11) is -1.93. The van der Waals surface area contributed by atoms with Crippen molar-refractivity contribution >= 4 is 16.1 Å². The third-order valence-corrected chi connectivity index (χ3v) is 6.35. The van der Waals surface area contributed by atoms with Gasteiger partial charge in [0.15, 0.2) is 0 Å². The summed E-state index contributed by atoms with van der Waals surface area (Å²) in [5.74, 6) is 0. The monoisotopic (exact) mass is 386 g/mol. The average Bonchev–Trinajstić information content (AvgIpc) is 2.12. The molecular weight excluding hydrogens is 355 g/mol. The maximum absolute atomic E-state index is 2.51. The molecule has 0 atom stereocenters. The molecule has 1 rings (SSSR count). The van der Waals surface area contributed by atoms with Crippen LogP contribution >= 0.6 is 0 Å². The second-order valence-electron chi connectivity index (χ2n) is 8.23. The minimum absolute atomic E-state index is 0. The van der Waals surface area contributed by atoms with E-state index in [0.717, 1.165) is 0 Å². The predicted octanol–water partition coefficient (Wildman–Crippen LogP) is 6.09. The molecule has 112 valence electrons. The summed E-state index contributed by atoms with van der Waals surface area (Å²) in [5.41, 5.74) is 3.70. The molecule has 3 heteroatoms. The molecule has 0 unspecified atom stereocenters. The first kappa shape index (κ1) is 19.6. The first-order valence-electron chi connectivity index (χ1n) is 7.52. The van der Waals surface area contributed by atoms with Gasteiger partial charge in [0.2, 0.25) is 0 Å². The Morgan fingerprint density at radius 3 is 1.32 bits per heavy atom. The van der Waals surface area contributed by atoms with E-state index in [1.807, 2.05) is 11.1 Å². The van der Waals surface area contributed by atoms with Crippen molar-refractivity contribution in [2.45, 2.75) is 77.1 Å². The van der Waals surface area contributed by atoms with E-state index in [1.54, 1.807) is 0 Å². The van der Waals surface area contributed by atoms with Crippen molar-refractivity contribution in [2.75, 3.05) is 0 Å². The molecule has 1 aliphatic carbocycles. The van der Waals surface area contributed by atoms with E-state index in [9.17, 15) is 0 Å². The number of hydrogen-bond acceptors (Lipinski definition) is 0. The van der Waals surface area contributed by atoms with Gasteiger partial charge >= 0.3 is 20.4 Å². The standard InChI is InChI=1S/C16H32Si2.Pd/c1-17(2,3)13-15-11-9-7-8-10-12-16(15)14-18(4,5)6;/h7-8H,9-14H2,1-6H3;/q;+2. The molecule has 0 aliphatic heterocycles. The smallest absolute Gasteiger partial charge is 0.0882 e. The zero-order valence-electron chi connectivity index (χ0n) is 13.7. The topological polar surface area (TPSA) is 0 Å². The summed E-state index contributed by atoms with van der Waals surface area (Å²) in [6, 6.07) is 2.86. The second-order valence-corrected chi connectivity index (χ2v) is 19.2. The van der Waals surface area contributed by atoms with Gasteiger partial charge in [0.1, 0.15) is 0 Å². The maximum Gasteiger partial charge on any atom is 2.00 e. The second kappa shape index (κ2) is 8.12. The molecule has 0 nitrogen and oxygen atoms in total. The molecule has 0 fully saturated rings. The zero-order chi connectivity index (χ0) is 13.8. The van der Waals surface area contributed by atoms with Gasteiger partial charge in [-0.15, -0.1) is 0 Å². The van der Waals surface area contributed by atoms with Crippen molar-refractivity contribution < 1.29 is 20.4 Å².